The molecular formula is C18H31NO2. The molecule has 0 aromatic heterocycles. The van der Waals surface area contributed by atoms with Gasteiger partial charge >= 0.3 is 0 Å². The maximum absolute atomic E-state index is 10.1. The average molecular weight is 293 g/mol. The van der Waals surface area contributed by atoms with Crippen molar-refractivity contribution in [1.29, 1.82) is 0 Å². The van der Waals surface area contributed by atoms with E-state index in [9.17, 15) is 10.1 Å². The molecule has 0 atom stereocenters. The van der Waals surface area contributed by atoms with E-state index in [1.807, 2.05) is 0 Å². The quantitative estimate of drug-likeness (QED) is 0.174. The zero-order valence-electron chi connectivity index (χ0n) is 13.5. The largest absolute Gasteiger partial charge is 0.265 e. The van der Waals surface area contributed by atoms with E-state index in [4.69, 9.17) is 0 Å². The van der Waals surface area contributed by atoms with Crippen molar-refractivity contribution in [2.75, 3.05) is 6.54 Å². The molecule has 0 amide bonds. The van der Waals surface area contributed by atoms with Crippen LogP contribution in [0.5, 0.6) is 0 Å². The second-order valence-corrected chi connectivity index (χ2v) is 5.26. The van der Waals surface area contributed by atoms with Crippen LogP contribution in [0.25, 0.3) is 0 Å². The van der Waals surface area contributed by atoms with Gasteiger partial charge in [0.2, 0.25) is 6.54 Å². The van der Waals surface area contributed by atoms with Gasteiger partial charge in [-0.25, -0.2) is 0 Å². The zero-order valence-corrected chi connectivity index (χ0v) is 13.5. The van der Waals surface area contributed by atoms with Gasteiger partial charge in [-0.3, -0.25) is 10.1 Å². The molecule has 21 heavy (non-hydrogen) atoms. The molecule has 0 saturated carbocycles. The van der Waals surface area contributed by atoms with Crippen LogP contribution in [0.2, 0.25) is 0 Å². The van der Waals surface area contributed by atoms with Crippen LogP contribution in [-0.4, -0.2) is 11.5 Å². The topological polar surface area (TPSA) is 43.1 Å². The van der Waals surface area contributed by atoms with E-state index in [1.165, 1.54) is 19.3 Å². The van der Waals surface area contributed by atoms with E-state index in [-0.39, 0.29) is 11.5 Å². The van der Waals surface area contributed by atoms with Crippen LogP contribution in [0.3, 0.4) is 0 Å². The fourth-order valence-electron chi connectivity index (χ4n) is 2.04. The van der Waals surface area contributed by atoms with Crippen LogP contribution in [0.15, 0.2) is 36.5 Å². The van der Waals surface area contributed by atoms with E-state index in [0.29, 0.717) is 0 Å². The Morgan fingerprint density at radius 1 is 0.762 bits per heavy atom. The van der Waals surface area contributed by atoms with E-state index in [1.54, 1.807) is 0 Å². The summed E-state index contributed by atoms with van der Waals surface area (Å²) in [5.74, 6) is 0. The Kier molecular flexibility index (Phi) is 15.6. The molecule has 0 aliphatic rings. The van der Waals surface area contributed by atoms with Crippen molar-refractivity contribution >= 4 is 0 Å². The minimum absolute atomic E-state index is 0.129. The molecule has 0 unspecified atom stereocenters. The molecule has 3 heteroatoms. The molecule has 0 N–H and O–H groups in total. The predicted molar refractivity (Wildman–Crippen MR) is 91.1 cm³/mol. The molecule has 0 radical (unpaired) electrons. The Balaban J connectivity index is 3.22. The third kappa shape index (κ3) is 18.6. The lowest BCUT2D eigenvalue weighted by Crippen LogP contribution is -1.99. The number of unbranched alkanes of at least 4 members (excludes halogenated alkanes) is 6. The number of nitro groups is 1. The van der Waals surface area contributed by atoms with Crippen molar-refractivity contribution in [1.82, 2.24) is 0 Å². The lowest BCUT2D eigenvalue weighted by atomic mass is 10.1. The Hall–Kier alpha value is -1.38. The highest BCUT2D eigenvalue weighted by atomic mass is 16.6. The third-order valence-corrected chi connectivity index (χ3v) is 3.24. The molecule has 0 bridgehead atoms. The lowest BCUT2D eigenvalue weighted by Gasteiger charge is -1.98. The molecule has 0 saturated heterocycles. The van der Waals surface area contributed by atoms with Crippen LogP contribution in [0.1, 0.15) is 71.1 Å². The summed E-state index contributed by atoms with van der Waals surface area (Å²) in [5.41, 5.74) is 0. The summed E-state index contributed by atoms with van der Waals surface area (Å²) in [6, 6.07) is 0. The van der Waals surface area contributed by atoms with Gasteiger partial charge in [0.1, 0.15) is 0 Å². The second kappa shape index (κ2) is 16.7. The summed E-state index contributed by atoms with van der Waals surface area (Å²) in [7, 11) is 0. The fraction of sp³-hybridized carbons (Fsp3) is 0.667. The zero-order chi connectivity index (χ0) is 15.6. The summed E-state index contributed by atoms with van der Waals surface area (Å²) in [6.45, 7) is 2.28. The number of hydrogen-bond acceptors (Lipinski definition) is 2. The minimum Gasteiger partial charge on any atom is -0.265 e. The Morgan fingerprint density at radius 2 is 1.29 bits per heavy atom. The van der Waals surface area contributed by atoms with Crippen LogP contribution < -0.4 is 0 Å². The molecule has 0 heterocycles. The van der Waals surface area contributed by atoms with E-state index in [0.717, 1.165) is 44.9 Å². The summed E-state index contributed by atoms with van der Waals surface area (Å²) in [6.07, 6.45) is 24.2. The molecular weight excluding hydrogens is 262 g/mol. The Labute approximate surface area is 130 Å². The highest BCUT2D eigenvalue weighted by Crippen LogP contribution is 2.07. The molecule has 0 aromatic rings. The molecule has 120 valence electrons. The predicted octanol–water partition coefficient (Wildman–Crippen LogP) is 5.85. The summed E-state index contributed by atoms with van der Waals surface area (Å²) in [4.78, 5) is 9.91. The van der Waals surface area contributed by atoms with Crippen molar-refractivity contribution in [2.45, 2.75) is 71.1 Å². The summed E-state index contributed by atoms with van der Waals surface area (Å²) < 4.78 is 0. The molecule has 0 rings (SSSR count). The van der Waals surface area contributed by atoms with Gasteiger partial charge in [-0.15, -0.1) is 0 Å². The van der Waals surface area contributed by atoms with Gasteiger partial charge in [0, 0.05) is 11.3 Å². The van der Waals surface area contributed by atoms with Crippen molar-refractivity contribution in [3.05, 3.63) is 46.6 Å². The fourth-order valence-corrected chi connectivity index (χ4v) is 2.04. The number of nitrogens with zero attached hydrogens (tertiary/aromatic N) is 1. The molecule has 0 aliphatic carbocycles. The lowest BCUT2D eigenvalue weighted by molar-refractivity contribution is -0.480. The maximum Gasteiger partial charge on any atom is 0.203 e. The second-order valence-electron chi connectivity index (χ2n) is 5.26. The first kappa shape index (κ1) is 19.6. The molecule has 0 spiro atoms. The standard InChI is InChI=1S/C18H31NO2/c1-2-3-4-5-6-7-8-9-10-11-12-13-14-15-16-17-18-19(20)21/h3-4,6-7,9-10H,2,5,8,11-18H2,1H3/b4-3+,7-6+,10-9+. The van der Waals surface area contributed by atoms with Gasteiger partial charge in [-0.1, -0.05) is 62.6 Å². The molecule has 3 nitrogen and oxygen atoms in total. The van der Waals surface area contributed by atoms with Gasteiger partial charge in [0.15, 0.2) is 0 Å². The van der Waals surface area contributed by atoms with Crippen molar-refractivity contribution in [2.24, 2.45) is 0 Å². The van der Waals surface area contributed by atoms with Crippen LogP contribution in [0, 0.1) is 10.1 Å². The van der Waals surface area contributed by atoms with Crippen LogP contribution >= 0.6 is 0 Å². The number of rotatable bonds is 14. The first-order valence-corrected chi connectivity index (χ1v) is 8.34. The van der Waals surface area contributed by atoms with Gasteiger partial charge in [0.25, 0.3) is 0 Å². The molecule has 0 aliphatic heterocycles. The monoisotopic (exact) mass is 293 g/mol. The first-order chi connectivity index (χ1) is 10.3. The Morgan fingerprint density at radius 3 is 1.90 bits per heavy atom. The number of allylic oxidation sites excluding steroid dienone is 6. The van der Waals surface area contributed by atoms with Crippen LogP contribution in [0.4, 0.5) is 0 Å². The van der Waals surface area contributed by atoms with Crippen molar-refractivity contribution in [3.63, 3.8) is 0 Å². The average Bonchev–Trinajstić information content (AvgIpc) is 2.46. The van der Waals surface area contributed by atoms with Crippen LogP contribution in [-0.2, 0) is 0 Å². The SMILES string of the molecule is CC/C=C/C/C=C/C/C=C/CCCCCCCC[N+](=O)[O-]. The highest BCUT2D eigenvalue weighted by Gasteiger charge is 1.96. The minimum atomic E-state index is -0.223. The van der Waals surface area contributed by atoms with E-state index in [2.05, 4.69) is 43.4 Å². The van der Waals surface area contributed by atoms with Gasteiger partial charge in [-0.2, -0.15) is 0 Å². The Bertz CT molecular complexity index is 319. The van der Waals surface area contributed by atoms with Crippen molar-refractivity contribution in [3.8, 4) is 0 Å². The maximum atomic E-state index is 10.1. The number of hydrogen-bond donors (Lipinski definition) is 0. The smallest absolute Gasteiger partial charge is 0.203 e. The molecule has 0 fully saturated rings. The third-order valence-electron chi connectivity index (χ3n) is 3.24. The van der Waals surface area contributed by atoms with Gasteiger partial charge in [-0.05, 0) is 38.5 Å². The van der Waals surface area contributed by atoms with Gasteiger partial charge in [0.05, 0.1) is 0 Å². The van der Waals surface area contributed by atoms with E-state index < -0.39 is 0 Å². The normalized spacial score (nSPS) is 12.0. The highest BCUT2D eigenvalue weighted by molar-refractivity contribution is 4.96. The summed E-state index contributed by atoms with van der Waals surface area (Å²) in [5, 5.41) is 10.1. The molecule has 0 aromatic carbocycles. The van der Waals surface area contributed by atoms with E-state index >= 15 is 0 Å². The first-order valence-electron chi connectivity index (χ1n) is 8.34. The van der Waals surface area contributed by atoms with Crippen molar-refractivity contribution < 1.29 is 4.92 Å². The van der Waals surface area contributed by atoms with Gasteiger partial charge < -0.3 is 0 Å². The summed E-state index contributed by atoms with van der Waals surface area (Å²) >= 11 is 0.